The molecule has 0 atom stereocenters. The first kappa shape index (κ1) is 15.1. The number of carbonyl (C=O) groups is 1. The minimum absolute atomic E-state index is 0.197. The summed E-state index contributed by atoms with van der Waals surface area (Å²) in [5, 5.41) is 14.8. The molecule has 106 valence electrons. The van der Waals surface area contributed by atoms with Crippen molar-refractivity contribution >= 4 is 33.2 Å². The number of hydrogen-bond acceptors (Lipinski definition) is 3. The Morgan fingerprint density at radius 2 is 2.00 bits per heavy atom. The van der Waals surface area contributed by atoms with Crippen LogP contribution in [0.25, 0.3) is 0 Å². The second-order valence-corrected chi connectivity index (χ2v) is 5.19. The van der Waals surface area contributed by atoms with Gasteiger partial charge in [-0.25, -0.2) is 0 Å². The molecule has 0 radical (unpaired) electrons. The Morgan fingerprint density at radius 1 is 1.24 bits per heavy atom. The maximum Gasteiger partial charge on any atom is 0.257 e. The zero-order chi connectivity index (χ0) is 15.2. The smallest absolute Gasteiger partial charge is 0.257 e. The minimum Gasteiger partial charge on any atom is -0.385 e. The molecule has 2 aromatic carbocycles. The van der Waals surface area contributed by atoms with Crippen molar-refractivity contribution in [3.63, 3.8) is 0 Å². The van der Waals surface area contributed by atoms with E-state index >= 15 is 0 Å². The monoisotopic (exact) mass is 343 g/mol. The normalized spacial score (nSPS) is 9.76. The van der Waals surface area contributed by atoms with E-state index in [9.17, 15) is 4.79 Å². The SMILES string of the molecule is CCNc1ccccc1C(=O)Nc1ccc(C#N)cc1Br. The number of nitrogens with one attached hydrogen (secondary N) is 2. The van der Waals surface area contributed by atoms with Gasteiger partial charge in [-0.1, -0.05) is 12.1 Å². The summed E-state index contributed by atoms with van der Waals surface area (Å²) in [6.07, 6.45) is 0. The highest BCUT2D eigenvalue weighted by atomic mass is 79.9. The zero-order valence-corrected chi connectivity index (χ0v) is 13.1. The molecule has 2 rings (SSSR count). The van der Waals surface area contributed by atoms with E-state index in [1.165, 1.54) is 0 Å². The first-order chi connectivity index (χ1) is 10.2. The van der Waals surface area contributed by atoms with Gasteiger partial charge >= 0.3 is 0 Å². The second-order valence-electron chi connectivity index (χ2n) is 4.34. The van der Waals surface area contributed by atoms with Crippen LogP contribution in [0.3, 0.4) is 0 Å². The van der Waals surface area contributed by atoms with E-state index in [0.717, 1.165) is 12.2 Å². The lowest BCUT2D eigenvalue weighted by molar-refractivity contribution is 0.102. The van der Waals surface area contributed by atoms with Crippen molar-refractivity contribution in [2.75, 3.05) is 17.2 Å². The summed E-state index contributed by atoms with van der Waals surface area (Å²) in [6, 6.07) is 14.4. The fourth-order valence-corrected chi connectivity index (χ4v) is 2.38. The van der Waals surface area contributed by atoms with Crippen LogP contribution in [0.15, 0.2) is 46.9 Å². The van der Waals surface area contributed by atoms with Gasteiger partial charge < -0.3 is 10.6 Å². The van der Waals surface area contributed by atoms with Crippen LogP contribution in [-0.4, -0.2) is 12.5 Å². The molecule has 5 heteroatoms. The molecule has 21 heavy (non-hydrogen) atoms. The Balaban J connectivity index is 2.24. The van der Waals surface area contributed by atoms with Crippen LogP contribution < -0.4 is 10.6 Å². The first-order valence-electron chi connectivity index (χ1n) is 6.49. The number of anilines is 2. The lowest BCUT2D eigenvalue weighted by Gasteiger charge is -2.12. The fraction of sp³-hybridized carbons (Fsp3) is 0.125. The second kappa shape index (κ2) is 6.91. The fourth-order valence-electron chi connectivity index (χ4n) is 1.90. The summed E-state index contributed by atoms with van der Waals surface area (Å²) in [6.45, 7) is 2.72. The van der Waals surface area contributed by atoms with E-state index in [1.54, 1.807) is 24.3 Å². The molecule has 1 amide bonds. The standard InChI is InChI=1S/C16H14BrN3O/c1-2-19-14-6-4-3-5-12(14)16(21)20-15-8-7-11(10-18)9-13(15)17/h3-9,19H,2H2,1H3,(H,20,21). The number of para-hydroxylation sites is 1. The van der Waals surface area contributed by atoms with Crippen molar-refractivity contribution in [2.45, 2.75) is 6.92 Å². The van der Waals surface area contributed by atoms with Crippen molar-refractivity contribution in [3.8, 4) is 6.07 Å². The molecule has 0 aliphatic heterocycles. The van der Waals surface area contributed by atoms with Crippen molar-refractivity contribution in [1.29, 1.82) is 5.26 Å². The van der Waals surface area contributed by atoms with E-state index in [0.29, 0.717) is 21.3 Å². The van der Waals surface area contributed by atoms with E-state index in [1.807, 2.05) is 25.1 Å². The van der Waals surface area contributed by atoms with Crippen LogP contribution in [0, 0.1) is 11.3 Å². The van der Waals surface area contributed by atoms with Gasteiger partial charge in [-0.15, -0.1) is 0 Å². The predicted octanol–water partition coefficient (Wildman–Crippen LogP) is 4.00. The number of nitrogens with zero attached hydrogens (tertiary/aromatic N) is 1. The number of nitriles is 1. The molecule has 0 heterocycles. The Labute approximate surface area is 131 Å². The molecule has 0 aromatic heterocycles. The zero-order valence-electron chi connectivity index (χ0n) is 11.5. The largest absolute Gasteiger partial charge is 0.385 e. The summed E-state index contributed by atoms with van der Waals surface area (Å²) in [5.74, 6) is -0.197. The molecule has 0 saturated carbocycles. The van der Waals surface area contributed by atoms with Gasteiger partial charge in [-0.2, -0.15) is 5.26 Å². The third-order valence-electron chi connectivity index (χ3n) is 2.89. The first-order valence-corrected chi connectivity index (χ1v) is 7.29. The predicted molar refractivity (Wildman–Crippen MR) is 87.4 cm³/mol. The summed E-state index contributed by atoms with van der Waals surface area (Å²) < 4.78 is 0.677. The van der Waals surface area contributed by atoms with Crippen molar-refractivity contribution in [2.24, 2.45) is 0 Å². The lowest BCUT2D eigenvalue weighted by atomic mass is 10.1. The van der Waals surface area contributed by atoms with E-state index in [-0.39, 0.29) is 5.91 Å². The van der Waals surface area contributed by atoms with Gasteiger partial charge in [0.25, 0.3) is 5.91 Å². The summed E-state index contributed by atoms with van der Waals surface area (Å²) >= 11 is 3.36. The summed E-state index contributed by atoms with van der Waals surface area (Å²) in [7, 11) is 0. The molecule has 0 fully saturated rings. The molecule has 0 aliphatic carbocycles. The molecule has 2 N–H and O–H groups in total. The maximum atomic E-state index is 12.4. The molecular weight excluding hydrogens is 330 g/mol. The van der Waals surface area contributed by atoms with Crippen LogP contribution >= 0.6 is 15.9 Å². The Morgan fingerprint density at radius 3 is 2.67 bits per heavy atom. The molecular formula is C16H14BrN3O. The van der Waals surface area contributed by atoms with Gasteiger partial charge in [0.05, 0.1) is 22.9 Å². The van der Waals surface area contributed by atoms with E-state index in [4.69, 9.17) is 5.26 Å². The summed E-state index contributed by atoms with van der Waals surface area (Å²) in [5.41, 5.74) is 2.54. The topological polar surface area (TPSA) is 64.9 Å². The molecule has 4 nitrogen and oxygen atoms in total. The molecule has 0 spiro atoms. The van der Waals surface area contributed by atoms with Crippen LogP contribution in [-0.2, 0) is 0 Å². The molecule has 2 aromatic rings. The molecule has 0 unspecified atom stereocenters. The highest BCUT2D eigenvalue weighted by molar-refractivity contribution is 9.10. The quantitative estimate of drug-likeness (QED) is 0.881. The van der Waals surface area contributed by atoms with Gasteiger partial charge in [0, 0.05) is 16.7 Å². The van der Waals surface area contributed by atoms with Gasteiger partial charge in [0.2, 0.25) is 0 Å². The van der Waals surface area contributed by atoms with Gasteiger partial charge in [-0.05, 0) is 53.2 Å². The van der Waals surface area contributed by atoms with Crippen molar-refractivity contribution < 1.29 is 4.79 Å². The summed E-state index contributed by atoms with van der Waals surface area (Å²) in [4.78, 5) is 12.4. The Bertz CT molecular complexity index is 707. The highest BCUT2D eigenvalue weighted by Crippen LogP contribution is 2.25. The number of benzene rings is 2. The van der Waals surface area contributed by atoms with E-state index in [2.05, 4.69) is 32.6 Å². The third kappa shape index (κ3) is 3.61. The number of amides is 1. The molecule has 0 aliphatic rings. The Kier molecular flexibility index (Phi) is 4.96. The van der Waals surface area contributed by atoms with Gasteiger partial charge in [0.15, 0.2) is 0 Å². The maximum absolute atomic E-state index is 12.4. The van der Waals surface area contributed by atoms with Gasteiger partial charge in [0.1, 0.15) is 0 Å². The highest BCUT2D eigenvalue weighted by Gasteiger charge is 2.12. The number of hydrogen-bond donors (Lipinski definition) is 2. The van der Waals surface area contributed by atoms with Crippen LogP contribution in [0.1, 0.15) is 22.8 Å². The van der Waals surface area contributed by atoms with Crippen LogP contribution in [0.2, 0.25) is 0 Å². The Hall–Kier alpha value is -2.32. The average Bonchev–Trinajstić information content (AvgIpc) is 2.50. The average molecular weight is 344 g/mol. The number of halogens is 1. The van der Waals surface area contributed by atoms with Crippen molar-refractivity contribution in [1.82, 2.24) is 0 Å². The van der Waals surface area contributed by atoms with Gasteiger partial charge in [-0.3, -0.25) is 4.79 Å². The van der Waals surface area contributed by atoms with Crippen LogP contribution in [0.4, 0.5) is 11.4 Å². The minimum atomic E-state index is -0.197. The third-order valence-corrected chi connectivity index (χ3v) is 3.54. The lowest BCUT2D eigenvalue weighted by Crippen LogP contribution is -2.15. The van der Waals surface area contributed by atoms with E-state index < -0.39 is 0 Å². The molecule has 0 saturated heterocycles. The van der Waals surface area contributed by atoms with Crippen LogP contribution in [0.5, 0.6) is 0 Å². The number of carbonyl (C=O) groups excluding carboxylic acids is 1. The molecule has 0 bridgehead atoms. The number of rotatable bonds is 4. The van der Waals surface area contributed by atoms with Crippen molar-refractivity contribution in [3.05, 3.63) is 58.1 Å².